The van der Waals surface area contributed by atoms with Gasteiger partial charge in [0.05, 0.1) is 39.1 Å². The summed E-state index contributed by atoms with van der Waals surface area (Å²) in [7, 11) is 0. The third-order valence-electron chi connectivity index (χ3n) is 11.8. The monoisotopic (exact) mass is 842 g/mol. The third kappa shape index (κ3) is 6.72. The molecular formula is C41H46ClF3N6O6S. The van der Waals surface area contributed by atoms with E-state index < -0.39 is 52.8 Å². The zero-order chi connectivity index (χ0) is 41.1. The van der Waals surface area contributed by atoms with Gasteiger partial charge in [0.1, 0.15) is 47.7 Å². The van der Waals surface area contributed by atoms with Crippen molar-refractivity contribution in [3.63, 3.8) is 0 Å². The molecule has 58 heavy (non-hydrogen) atoms. The van der Waals surface area contributed by atoms with Gasteiger partial charge in [0.25, 0.3) is 0 Å². The molecule has 2 aromatic carbocycles. The van der Waals surface area contributed by atoms with Gasteiger partial charge in [0, 0.05) is 40.7 Å². The fraction of sp³-hybridized carbons (Fsp3) is 0.561. The lowest BCUT2D eigenvalue weighted by molar-refractivity contribution is 0.00542. The Bertz CT molecular complexity index is 2350. The summed E-state index contributed by atoms with van der Waals surface area (Å²) >= 11 is 8.35. The van der Waals surface area contributed by atoms with Crippen LogP contribution in [0.1, 0.15) is 73.6 Å². The Balaban J connectivity index is 1.18. The maximum atomic E-state index is 17.6. The lowest BCUT2D eigenvalue weighted by atomic mass is 9.95. The molecule has 2 aromatic heterocycles. The average molecular weight is 843 g/mol. The van der Waals surface area contributed by atoms with E-state index >= 15 is 8.78 Å². The molecule has 4 fully saturated rings. The number of carbonyl (C=O) groups is 2. The number of nitrogens with one attached hydrogen (secondary N) is 1. The molecule has 12 nitrogen and oxygen atoms in total. The molecule has 0 unspecified atom stereocenters. The fourth-order valence-corrected chi connectivity index (χ4v) is 10.8. The number of halogens is 4. The van der Waals surface area contributed by atoms with Gasteiger partial charge in [-0.25, -0.2) is 22.8 Å². The third-order valence-corrected chi connectivity index (χ3v) is 13.1. The van der Waals surface area contributed by atoms with E-state index in [4.69, 9.17) is 35.5 Å². The summed E-state index contributed by atoms with van der Waals surface area (Å²) < 4.78 is 73.3. The Hall–Kier alpha value is -4.28. The largest absolute Gasteiger partial charge is 0.489 e. The predicted octanol–water partition coefficient (Wildman–Crippen LogP) is 9.09. The molecule has 0 spiro atoms. The van der Waals surface area contributed by atoms with Crippen LogP contribution in [0.4, 0.5) is 33.6 Å². The zero-order valence-corrected chi connectivity index (χ0v) is 34.8. The highest BCUT2D eigenvalue weighted by molar-refractivity contribution is 7.23. The minimum absolute atomic E-state index is 0.0359. The van der Waals surface area contributed by atoms with Crippen LogP contribution in [0.2, 0.25) is 5.02 Å². The second-order valence-electron chi connectivity index (χ2n) is 18.0. The number of alkyl halides is 1. The van der Waals surface area contributed by atoms with Gasteiger partial charge in [0.2, 0.25) is 0 Å². The van der Waals surface area contributed by atoms with Gasteiger partial charge in [-0.3, -0.25) is 15.1 Å². The second-order valence-corrected chi connectivity index (χ2v) is 19.5. The number of piperazine rings is 1. The van der Waals surface area contributed by atoms with Crippen LogP contribution in [0.5, 0.6) is 11.8 Å². The second kappa shape index (κ2) is 13.9. The molecule has 5 aliphatic rings. The number of anilines is 2. The lowest BCUT2D eigenvalue weighted by Crippen LogP contribution is -2.63. The fourth-order valence-electron chi connectivity index (χ4n) is 9.57. The molecule has 0 aliphatic carbocycles. The normalized spacial score (nSPS) is 25.4. The Morgan fingerprint density at radius 1 is 1.05 bits per heavy atom. The molecule has 9 rings (SSSR count). The van der Waals surface area contributed by atoms with Crippen molar-refractivity contribution in [2.24, 2.45) is 0 Å². The first kappa shape index (κ1) is 39.2. The van der Waals surface area contributed by atoms with Crippen LogP contribution in [0.3, 0.4) is 0 Å². The Kier molecular flexibility index (Phi) is 9.39. The van der Waals surface area contributed by atoms with Crippen molar-refractivity contribution in [1.82, 2.24) is 19.8 Å². The lowest BCUT2D eigenvalue weighted by Gasteiger charge is -2.46. The molecule has 17 heteroatoms. The topological polar surface area (TPSA) is 119 Å². The highest BCUT2D eigenvalue weighted by Crippen LogP contribution is 2.52. The number of ether oxygens (including phenoxy) is 4. The van der Waals surface area contributed by atoms with Crippen molar-refractivity contribution in [3.05, 3.63) is 34.9 Å². The molecule has 4 aromatic rings. The standard InChI is InChI=1S/C41H46ClF3N6O6S/c1-39(2,3)56-37(52)46-27-14-22-26(58-27)11-9-23(44)28(22)29-31(42)34-30-33(32(29)45)47-36(55-19-41-12-7-13-49(41)16-20(43)15-41)48-35(30)50-17-21-8-10-24(25(50)18-54-34)51(21)38(53)57-40(4,5)6/h9,11,14,20-21,24-25H,7-8,10,12-13,15-19H2,1-6H3,(H,46,52)/t20-,21-,24+,25-,41+/m1/s1. The van der Waals surface area contributed by atoms with Crippen molar-refractivity contribution in [1.29, 1.82) is 0 Å². The first-order valence-corrected chi connectivity index (χ1v) is 21.0. The zero-order valence-electron chi connectivity index (χ0n) is 33.2. The summed E-state index contributed by atoms with van der Waals surface area (Å²) in [6.45, 7) is 12.2. The summed E-state index contributed by atoms with van der Waals surface area (Å²) in [6.07, 6.45) is 1.23. The average Bonchev–Trinajstić information content (AvgIpc) is 3.84. The molecule has 5 atom stereocenters. The molecule has 310 valence electrons. The predicted molar refractivity (Wildman–Crippen MR) is 215 cm³/mol. The van der Waals surface area contributed by atoms with Gasteiger partial charge >= 0.3 is 18.2 Å². The summed E-state index contributed by atoms with van der Waals surface area (Å²) in [5.41, 5.74) is -2.61. The maximum Gasteiger partial charge on any atom is 0.412 e. The van der Waals surface area contributed by atoms with Crippen LogP contribution in [0, 0.1) is 11.6 Å². The molecular weight excluding hydrogens is 797 g/mol. The van der Waals surface area contributed by atoms with E-state index in [2.05, 4.69) is 15.2 Å². The molecule has 4 saturated heterocycles. The molecule has 0 radical (unpaired) electrons. The number of nitrogens with zero attached hydrogens (tertiary/aromatic N) is 5. The Morgan fingerprint density at radius 2 is 1.83 bits per heavy atom. The first-order chi connectivity index (χ1) is 27.4. The summed E-state index contributed by atoms with van der Waals surface area (Å²) in [6, 6.07) is 3.19. The Morgan fingerprint density at radius 3 is 2.59 bits per heavy atom. The number of hydrogen-bond acceptors (Lipinski definition) is 11. The van der Waals surface area contributed by atoms with Crippen LogP contribution < -0.4 is 19.7 Å². The number of fused-ring (bicyclic) bond motifs is 7. The van der Waals surface area contributed by atoms with E-state index in [1.807, 2.05) is 25.7 Å². The minimum Gasteiger partial charge on any atom is -0.489 e. The SMILES string of the molecule is CC(C)(C)OC(=O)Nc1cc2c(-c3c(Cl)c4c5c(nc(OC[C@@]67CCCN6C[C@H](F)C7)nc5c3F)N3C[C@H]5CC[C@@H]([C@H]3CO4)N5C(=O)OC(C)(C)C)c(F)ccc2s1. The van der Waals surface area contributed by atoms with E-state index in [-0.39, 0.29) is 64.1 Å². The molecule has 5 aliphatic heterocycles. The number of hydrogen-bond donors (Lipinski definition) is 1. The van der Waals surface area contributed by atoms with E-state index in [1.165, 1.54) is 6.07 Å². The van der Waals surface area contributed by atoms with Crippen molar-refractivity contribution in [3.8, 4) is 22.9 Å². The quantitative estimate of drug-likeness (QED) is 0.209. The maximum absolute atomic E-state index is 17.6. The molecule has 1 N–H and O–H groups in total. The highest BCUT2D eigenvalue weighted by Gasteiger charge is 2.53. The van der Waals surface area contributed by atoms with Gasteiger partial charge in [0.15, 0.2) is 11.6 Å². The van der Waals surface area contributed by atoms with E-state index in [9.17, 15) is 14.0 Å². The number of benzene rings is 2. The van der Waals surface area contributed by atoms with Crippen molar-refractivity contribution < 1.29 is 41.7 Å². The molecule has 0 saturated carbocycles. The number of amides is 2. The summed E-state index contributed by atoms with van der Waals surface area (Å²) in [5.74, 6) is -1.29. The van der Waals surface area contributed by atoms with Crippen LogP contribution in [-0.4, -0.2) is 106 Å². The molecule has 7 heterocycles. The van der Waals surface area contributed by atoms with E-state index in [0.717, 1.165) is 30.7 Å². The minimum atomic E-state index is -0.986. The van der Waals surface area contributed by atoms with Crippen molar-refractivity contribution >= 4 is 66.9 Å². The first-order valence-electron chi connectivity index (χ1n) is 19.8. The van der Waals surface area contributed by atoms with Crippen LogP contribution in [-0.2, 0) is 9.47 Å². The van der Waals surface area contributed by atoms with Crippen molar-refractivity contribution in [2.75, 3.05) is 43.1 Å². The Labute approximate surface area is 342 Å². The number of aromatic nitrogens is 2. The van der Waals surface area contributed by atoms with Gasteiger partial charge in [-0.2, -0.15) is 9.97 Å². The number of carbonyl (C=O) groups excluding carboxylic acids is 2. The van der Waals surface area contributed by atoms with Gasteiger partial charge in [-0.05, 0) is 92.0 Å². The number of rotatable bonds is 5. The summed E-state index contributed by atoms with van der Waals surface area (Å²) in [5, 5.41) is 3.36. The van der Waals surface area contributed by atoms with E-state index in [1.54, 1.807) is 37.8 Å². The summed E-state index contributed by atoms with van der Waals surface area (Å²) in [4.78, 5) is 41.8. The molecule has 2 amide bonds. The van der Waals surface area contributed by atoms with Crippen LogP contribution in [0.15, 0.2) is 18.2 Å². The smallest absolute Gasteiger partial charge is 0.412 e. The van der Waals surface area contributed by atoms with Crippen LogP contribution in [0.25, 0.3) is 32.1 Å². The van der Waals surface area contributed by atoms with Gasteiger partial charge < -0.3 is 23.8 Å². The highest BCUT2D eigenvalue weighted by atomic mass is 35.5. The molecule has 2 bridgehead atoms. The number of thiophene rings is 1. The van der Waals surface area contributed by atoms with E-state index in [0.29, 0.717) is 53.3 Å². The van der Waals surface area contributed by atoms with Crippen LogP contribution >= 0.6 is 22.9 Å². The van der Waals surface area contributed by atoms with Gasteiger partial charge in [-0.1, -0.05) is 11.6 Å². The van der Waals surface area contributed by atoms with Gasteiger partial charge in [-0.15, -0.1) is 11.3 Å². The van der Waals surface area contributed by atoms with Crippen molar-refractivity contribution in [2.45, 2.75) is 115 Å².